The van der Waals surface area contributed by atoms with Crippen LogP contribution in [0.4, 0.5) is 0 Å². The van der Waals surface area contributed by atoms with Crippen LogP contribution in [0.25, 0.3) is 17.4 Å². The number of amides is 1. The molecule has 168 valence electrons. The van der Waals surface area contributed by atoms with Crippen LogP contribution in [0.2, 0.25) is 0 Å². The van der Waals surface area contributed by atoms with Gasteiger partial charge in [0.05, 0.1) is 37.0 Å². The molecule has 0 spiro atoms. The molecular formula is C23H24N2O5S2. The molecule has 0 bridgehead atoms. The van der Waals surface area contributed by atoms with Gasteiger partial charge >= 0.3 is 5.97 Å². The first-order chi connectivity index (χ1) is 15.5. The fourth-order valence-electron chi connectivity index (χ4n) is 3.82. The maximum absolute atomic E-state index is 13.2. The fourth-order valence-corrected chi connectivity index (χ4v) is 5.15. The van der Waals surface area contributed by atoms with Gasteiger partial charge in [-0.2, -0.15) is 0 Å². The van der Waals surface area contributed by atoms with Gasteiger partial charge in [0.25, 0.3) is 5.91 Å². The molecule has 7 nitrogen and oxygen atoms in total. The lowest BCUT2D eigenvalue weighted by Gasteiger charge is -2.38. The molecule has 4 rings (SSSR count). The van der Waals surface area contributed by atoms with E-state index in [0.29, 0.717) is 39.5 Å². The van der Waals surface area contributed by atoms with Crippen molar-refractivity contribution in [3.8, 4) is 11.3 Å². The van der Waals surface area contributed by atoms with Gasteiger partial charge in [-0.3, -0.25) is 14.6 Å². The second-order valence-electron chi connectivity index (χ2n) is 7.36. The zero-order valence-corrected chi connectivity index (χ0v) is 19.5. The van der Waals surface area contributed by atoms with E-state index in [1.165, 1.54) is 18.9 Å². The number of furan rings is 1. The number of hydrogen-bond donors (Lipinski definition) is 0. The predicted molar refractivity (Wildman–Crippen MR) is 127 cm³/mol. The first-order valence-electron chi connectivity index (χ1n) is 10.4. The van der Waals surface area contributed by atoms with Crippen LogP contribution in [-0.4, -0.2) is 65.6 Å². The highest BCUT2D eigenvalue weighted by atomic mass is 32.2. The number of nitrogens with zero attached hydrogens (tertiary/aromatic N) is 2. The Kier molecular flexibility index (Phi) is 7.10. The van der Waals surface area contributed by atoms with E-state index in [2.05, 4.69) is 11.8 Å². The van der Waals surface area contributed by atoms with Gasteiger partial charge in [-0.15, -0.1) is 0 Å². The van der Waals surface area contributed by atoms with Crippen LogP contribution in [0.3, 0.4) is 0 Å². The minimum Gasteiger partial charge on any atom is -0.465 e. The number of carbonyl (C=O) groups is 2. The van der Waals surface area contributed by atoms with E-state index >= 15 is 0 Å². The molecule has 1 unspecified atom stereocenters. The van der Waals surface area contributed by atoms with Crippen LogP contribution < -0.4 is 0 Å². The van der Waals surface area contributed by atoms with Gasteiger partial charge in [0.1, 0.15) is 15.8 Å². The van der Waals surface area contributed by atoms with E-state index in [4.69, 9.17) is 26.1 Å². The zero-order chi connectivity index (χ0) is 22.7. The lowest BCUT2D eigenvalue weighted by atomic mass is 10.1. The Balaban J connectivity index is 1.51. The molecule has 1 atom stereocenters. The molecule has 2 aliphatic heterocycles. The first-order valence-corrected chi connectivity index (χ1v) is 11.6. The molecule has 2 aromatic rings. The molecule has 1 aromatic carbocycles. The molecule has 3 heterocycles. The SMILES string of the molecule is CCC(N1CCOCC1)N1C(=O)C(=Cc2ccc(-c3ccc(C(=O)OC)cc3)o2)SC1=S. The number of thioether (sulfide) groups is 1. The van der Waals surface area contributed by atoms with Crippen molar-refractivity contribution in [3.63, 3.8) is 0 Å². The summed E-state index contributed by atoms with van der Waals surface area (Å²) in [6.45, 7) is 4.95. The van der Waals surface area contributed by atoms with Crippen LogP contribution in [-0.2, 0) is 14.3 Å². The Bertz CT molecular complexity index is 1040. The van der Waals surface area contributed by atoms with E-state index in [9.17, 15) is 9.59 Å². The Morgan fingerprint density at radius 2 is 1.94 bits per heavy atom. The summed E-state index contributed by atoms with van der Waals surface area (Å²) in [4.78, 5) is 29.3. The number of methoxy groups -OCH3 is 1. The standard InChI is InChI=1S/C23H24N2O5S2/c1-3-20(24-10-12-29-13-11-24)25-21(26)19(32-23(25)31)14-17-8-9-18(30-17)15-4-6-16(7-5-15)22(27)28-2/h4-9,14,20H,3,10-13H2,1-2H3. The monoisotopic (exact) mass is 472 g/mol. The van der Waals surface area contributed by atoms with Crippen molar-refractivity contribution in [1.82, 2.24) is 9.80 Å². The molecule has 0 radical (unpaired) electrons. The third-order valence-corrected chi connectivity index (χ3v) is 6.77. The van der Waals surface area contributed by atoms with Crippen molar-refractivity contribution < 1.29 is 23.5 Å². The molecule has 2 fully saturated rings. The molecule has 1 aromatic heterocycles. The predicted octanol–water partition coefficient (Wildman–Crippen LogP) is 4.00. The number of carbonyl (C=O) groups excluding carboxylic acids is 2. The highest BCUT2D eigenvalue weighted by molar-refractivity contribution is 8.26. The number of thiocarbonyl (C=S) groups is 1. The average molecular weight is 473 g/mol. The van der Waals surface area contributed by atoms with E-state index in [1.807, 2.05) is 12.1 Å². The molecular weight excluding hydrogens is 448 g/mol. The quantitative estimate of drug-likeness (QED) is 0.355. The van der Waals surface area contributed by atoms with E-state index in [-0.39, 0.29) is 18.0 Å². The first kappa shape index (κ1) is 22.7. The maximum Gasteiger partial charge on any atom is 0.337 e. The lowest BCUT2D eigenvalue weighted by Crippen LogP contribution is -2.53. The Hall–Kier alpha value is -2.46. The number of benzene rings is 1. The van der Waals surface area contributed by atoms with Crippen molar-refractivity contribution in [2.45, 2.75) is 19.5 Å². The summed E-state index contributed by atoms with van der Waals surface area (Å²) in [5, 5.41) is 0. The molecule has 1 amide bonds. The summed E-state index contributed by atoms with van der Waals surface area (Å²) >= 11 is 6.85. The number of rotatable bonds is 6. The van der Waals surface area contributed by atoms with Crippen molar-refractivity contribution >= 4 is 46.3 Å². The largest absolute Gasteiger partial charge is 0.465 e. The van der Waals surface area contributed by atoms with Gasteiger partial charge in [-0.1, -0.05) is 43.0 Å². The second kappa shape index (κ2) is 9.99. The summed E-state index contributed by atoms with van der Waals surface area (Å²) < 4.78 is 16.7. The number of esters is 1. The summed E-state index contributed by atoms with van der Waals surface area (Å²) in [5.74, 6) is 0.722. The van der Waals surface area contributed by atoms with Gasteiger partial charge in [0.2, 0.25) is 0 Å². The van der Waals surface area contributed by atoms with Crippen LogP contribution in [0, 0.1) is 0 Å². The lowest BCUT2D eigenvalue weighted by molar-refractivity contribution is -0.128. The molecule has 0 N–H and O–H groups in total. The van der Waals surface area contributed by atoms with Crippen molar-refractivity contribution in [3.05, 3.63) is 52.6 Å². The molecule has 0 aliphatic carbocycles. The number of morpholine rings is 1. The average Bonchev–Trinajstić information content (AvgIpc) is 3.40. The normalized spacial score (nSPS) is 19.6. The summed E-state index contributed by atoms with van der Waals surface area (Å²) in [7, 11) is 1.35. The van der Waals surface area contributed by atoms with E-state index < -0.39 is 0 Å². The fraction of sp³-hybridized carbons (Fsp3) is 0.348. The number of ether oxygens (including phenoxy) is 2. The zero-order valence-electron chi connectivity index (χ0n) is 17.9. The molecule has 0 saturated carbocycles. The van der Waals surface area contributed by atoms with Crippen LogP contribution >= 0.6 is 24.0 Å². The summed E-state index contributed by atoms with van der Waals surface area (Å²) in [5.41, 5.74) is 1.29. The molecule has 32 heavy (non-hydrogen) atoms. The van der Waals surface area contributed by atoms with E-state index in [0.717, 1.165) is 25.1 Å². The summed E-state index contributed by atoms with van der Waals surface area (Å²) in [6, 6.07) is 10.6. The molecule has 2 aliphatic rings. The van der Waals surface area contributed by atoms with Gasteiger partial charge < -0.3 is 13.9 Å². The molecule has 9 heteroatoms. The Morgan fingerprint density at radius 3 is 2.59 bits per heavy atom. The van der Waals surface area contributed by atoms with Crippen molar-refractivity contribution in [2.75, 3.05) is 33.4 Å². The van der Waals surface area contributed by atoms with Crippen molar-refractivity contribution in [2.24, 2.45) is 0 Å². The highest BCUT2D eigenvalue weighted by Gasteiger charge is 2.39. The highest BCUT2D eigenvalue weighted by Crippen LogP contribution is 2.36. The van der Waals surface area contributed by atoms with Crippen molar-refractivity contribution in [1.29, 1.82) is 0 Å². The minimum atomic E-state index is -0.388. The number of hydrogen-bond acceptors (Lipinski definition) is 8. The topological polar surface area (TPSA) is 72.2 Å². The third-order valence-electron chi connectivity index (χ3n) is 5.44. The minimum absolute atomic E-state index is 0.0715. The summed E-state index contributed by atoms with van der Waals surface area (Å²) in [6.07, 6.45) is 2.45. The van der Waals surface area contributed by atoms with Gasteiger partial charge in [0.15, 0.2) is 0 Å². The Morgan fingerprint density at radius 1 is 1.22 bits per heavy atom. The Labute approximate surface area is 196 Å². The van der Waals surface area contributed by atoms with Crippen LogP contribution in [0.15, 0.2) is 45.7 Å². The van der Waals surface area contributed by atoms with Crippen LogP contribution in [0.5, 0.6) is 0 Å². The van der Waals surface area contributed by atoms with Crippen LogP contribution in [0.1, 0.15) is 29.5 Å². The molecule has 2 saturated heterocycles. The van der Waals surface area contributed by atoms with Gasteiger partial charge in [-0.25, -0.2) is 4.79 Å². The maximum atomic E-state index is 13.2. The third kappa shape index (κ3) is 4.66. The smallest absolute Gasteiger partial charge is 0.337 e. The van der Waals surface area contributed by atoms with Gasteiger partial charge in [0, 0.05) is 24.7 Å². The van der Waals surface area contributed by atoms with Gasteiger partial charge in [-0.05, 0) is 30.7 Å². The van der Waals surface area contributed by atoms with E-state index in [1.54, 1.807) is 35.2 Å². The second-order valence-corrected chi connectivity index (χ2v) is 9.04.